The lowest BCUT2D eigenvalue weighted by molar-refractivity contribution is 0.436. The van der Waals surface area contributed by atoms with Crippen LogP contribution in [0.3, 0.4) is 0 Å². The summed E-state index contributed by atoms with van der Waals surface area (Å²) in [7, 11) is 0. The SMILES string of the molecule is [2H]c1c([2H])c([2H])c2c(c1[2H])Oc1c([2H])c([2H])c(-c3c([2H])c([2H])c(-c4ccc5c(c4)c4ccc6ccccc6c4n5-c4ccccc4)c([2H])c3[2H])c([2H])c1C21c2ccccc2-c2ccccc21. The maximum absolute atomic E-state index is 10.1. The molecule has 2 heteroatoms. The Bertz CT molecular complexity index is 3750. The van der Waals surface area contributed by atoms with Gasteiger partial charge in [0.1, 0.15) is 11.5 Å². The van der Waals surface area contributed by atoms with E-state index in [4.69, 9.17) is 8.85 Å². The summed E-state index contributed by atoms with van der Waals surface area (Å²) in [5.41, 5.74) is 3.54. The average molecular weight is 711 g/mol. The van der Waals surface area contributed by atoms with Gasteiger partial charge in [-0.05, 0) is 92.3 Å². The summed E-state index contributed by atoms with van der Waals surface area (Å²) in [5, 5.41) is 3.89. The molecule has 1 aliphatic heterocycles. The summed E-state index contributed by atoms with van der Waals surface area (Å²) in [6.07, 6.45) is 0. The molecule has 12 rings (SSSR count). The van der Waals surface area contributed by atoms with Gasteiger partial charge in [0.2, 0.25) is 0 Å². The second-order valence-corrected chi connectivity index (χ2v) is 13.9. The van der Waals surface area contributed by atoms with Crippen LogP contribution in [-0.4, -0.2) is 4.57 Å². The highest BCUT2D eigenvalue weighted by Crippen LogP contribution is 2.62. The molecule has 0 amide bonds. The highest BCUT2D eigenvalue weighted by atomic mass is 16.5. The fourth-order valence-corrected chi connectivity index (χ4v) is 8.87. The highest BCUT2D eigenvalue weighted by molar-refractivity contribution is 6.19. The lowest BCUT2D eigenvalue weighted by atomic mass is 9.66. The Morgan fingerprint density at radius 1 is 0.455 bits per heavy atom. The lowest BCUT2D eigenvalue weighted by Crippen LogP contribution is -2.32. The third-order valence-corrected chi connectivity index (χ3v) is 11.2. The summed E-state index contributed by atoms with van der Waals surface area (Å²) in [5.74, 6) is -0.494. The molecular formula is C53H33NO. The second kappa shape index (κ2) is 11.4. The molecule has 2 aliphatic rings. The van der Waals surface area contributed by atoms with Crippen molar-refractivity contribution < 1.29 is 19.8 Å². The highest BCUT2D eigenvalue weighted by Gasteiger charge is 2.51. The first-order valence-corrected chi connectivity index (χ1v) is 18.1. The minimum Gasteiger partial charge on any atom is -0.457 e. The molecule has 2 nitrogen and oxygen atoms in total. The van der Waals surface area contributed by atoms with Crippen LogP contribution in [0.25, 0.3) is 71.6 Å². The van der Waals surface area contributed by atoms with Crippen molar-refractivity contribution in [3.63, 3.8) is 0 Å². The Hall–Kier alpha value is -7.16. The van der Waals surface area contributed by atoms with Gasteiger partial charge in [0, 0.05) is 33.0 Å². The Morgan fingerprint density at radius 2 is 1.11 bits per heavy atom. The number of benzene rings is 9. The second-order valence-electron chi connectivity index (χ2n) is 13.9. The molecule has 0 unspecified atom stereocenters. The molecule has 2 heterocycles. The molecule has 1 aromatic heterocycles. The number of hydrogen-bond donors (Lipinski definition) is 0. The van der Waals surface area contributed by atoms with E-state index >= 15 is 0 Å². The van der Waals surface area contributed by atoms with Crippen molar-refractivity contribution in [1.29, 1.82) is 0 Å². The summed E-state index contributed by atoms with van der Waals surface area (Å²) in [6, 6.07) is 37.2. The molecule has 10 aromatic rings. The third kappa shape index (κ3) is 4.19. The quantitative estimate of drug-likeness (QED) is 0.178. The Labute approximate surface area is 334 Å². The van der Waals surface area contributed by atoms with Crippen LogP contribution in [0.15, 0.2) is 200 Å². The molecule has 1 aliphatic carbocycles. The number of ether oxygens (including phenoxy) is 1. The summed E-state index contributed by atoms with van der Waals surface area (Å²) >= 11 is 0. The number of fused-ring (bicyclic) bond motifs is 14. The van der Waals surface area contributed by atoms with Crippen LogP contribution in [0.5, 0.6) is 11.5 Å². The number of nitrogens with zero attached hydrogens (tertiary/aromatic N) is 1. The van der Waals surface area contributed by atoms with E-state index in [1.165, 1.54) is 0 Å². The molecule has 0 saturated heterocycles. The predicted molar refractivity (Wildman–Crippen MR) is 227 cm³/mol. The van der Waals surface area contributed by atoms with E-state index < -0.39 is 71.9 Å². The van der Waals surface area contributed by atoms with Crippen LogP contribution in [0.2, 0.25) is 0 Å². The van der Waals surface area contributed by atoms with Gasteiger partial charge in [-0.1, -0.05) is 158 Å². The van der Waals surface area contributed by atoms with Gasteiger partial charge in [-0.2, -0.15) is 0 Å². The molecule has 0 N–H and O–H groups in total. The maximum Gasteiger partial charge on any atom is 0.132 e. The normalized spacial score (nSPS) is 16.2. The minimum atomic E-state index is -1.68. The van der Waals surface area contributed by atoms with Gasteiger partial charge in [0.05, 0.1) is 31.5 Å². The van der Waals surface area contributed by atoms with Crippen molar-refractivity contribution in [2.75, 3.05) is 0 Å². The van der Waals surface area contributed by atoms with E-state index in [1.54, 1.807) is 18.2 Å². The molecule has 0 fully saturated rings. The summed E-state index contributed by atoms with van der Waals surface area (Å²) in [6.45, 7) is 0. The Kier molecular flexibility index (Phi) is 4.47. The van der Waals surface area contributed by atoms with Crippen LogP contribution < -0.4 is 4.74 Å². The van der Waals surface area contributed by atoms with Crippen LogP contribution in [-0.2, 0) is 5.41 Å². The van der Waals surface area contributed by atoms with Crippen molar-refractivity contribution in [2.45, 2.75) is 5.41 Å². The van der Waals surface area contributed by atoms with Gasteiger partial charge in [-0.15, -0.1) is 0 Å². The van der Waals surface area contributed by atoms with Crippen molar-refractivity contribution in [1.82, 2.24) is 4.57 Å². The minimum absolute atomic E-state index is 0.00199. The number of para-hydroxylation sites is 2. The largest absolute Gasteiger partial charge is 0.457 e. The van der Waals surface area contributed by atoms with Crippen LogP contribution in [0, 0.1) is 0 Å². The van der Waals surface area contributed by atoms with E-state index in [0.29, 0.717) is 16.7 Å². The van der Waals surface area contributed by atoms with Crippen LogP contribution in [0.4, 0.5) is 0 Å². The molecule has 9 aromatic carbocycles. The molecule has 0 radical (unpaired) electrons. The Balaban J connectivity index is 1.13. The fourth-order valence-electron chi connectivity index (χ4n) is 8.87. The van der Waals surface area contributed by atoms with E-state index in [9.17, 15) is 11.0 Å². The molecule has 0 saturated carbocycles. The molecule has 0 bridgehead atoms. The van der Waals surface area contributed by atoms with Crippen molar-refractivity contribution in [3.05, 3.63) is 222 Å². The number of hydrogen-bond acceptors (Lipinski definition) is 1. The molecular weight excluding hydrogens is 667 g/mol. The number of aromatic nitrogens is 1. The van der Waals surface area contributed by atoms with E-state index in [0.717, 1.165) is 49.4 Å². The first-order valence-electron chi connectivity index (χ1n) is 23.6. The van der Waals surface area contributed by atoms with Crippen LogP contribution >= 0.6 is 0 Å². The van der Waals surface area contributed by atoms with E-state index in [2.05, 4.69) is 28.8 Å². The molecule has 55 heavy (non-hydrogen) atoms. The van der Waals surface area contributed by atoms with Crippen molar-refractivity contribution in [2.24, 2.45) is 0 Å². The molecule has 256 valence electrons. The van der Waals surface area contributed by atoms with Crippen molar-refractivity contribution >= 4 is 32.6 Å². The molecule has 1 spiro atoms. The van der Waals surface area contributed by atoms with Crippen molar-refractivity contribution in [3.8, 4) is 50.6 Å². The topological polar surface area (TPSA) is 14.2 Å². The zero-order valence-electron chi connectivity index (χ0n) is 40.1. The third-order valence-electron chi connectivity index (χ3n) is 11.2. The fraction of sp³-hybridized carbons (Fsp3) is 0.0189. The van der Waals surface area contributed by atoms with Gasteiger partial charge < -0.3 is 9.30 Å². The van der Waals surface area contributed by atoms with Gasteiger partial charge in [0.25, 0.3) is 0 Å². The van der Waals surface area contributed by atoms with Crippen LogP contribution in [0.1, 0.15) is 37.3 Å². The maximum atomic E-state index is 10.1. The first-order chi connectivity index (χ1) is 31.9. The zero-order valence-corrected chi connectivity index (χ0v) is 29.1. The Morgan fingerprint density at radius 3 is 1.91 bits per heavy atom. The van der Waals surface area contributed by atoms with Gasteiger partial charge in [-0.3, -0.25) is 0 Å². The average Bonchev–Trinajstić information content (AvgIpc) is 3.83. The first kappa shape index (κ1) is 21.5. The van der Waals surface area contributed by atoms with Gasteiger partial charge in [-0.25, -0.2) is 0 Å². The van der Waals surface area contributed by atoms with Gasteiger partial charge in [0.15, 0.2) is 0 Å². The smallest absolute Gasteiger partial charge is 0.132 e. The molecule has 0 atom stereocenters. The van der Waals surface area contributed by atoms with E-state index in [-0.39, 0.29) is 39.3 Å². The summed E-state index contributed by atoms with van der Waals surface area (Å²) < 4.78 is 112. The number of rotatable bonds is 3. The predicted octanol–water partition coefficient (Wildman–Crippen LogP) is 13.7. The summed E-state index contributed by atoms with van der Waals surface area (Å²) in [4.78, 5) is 0. The zero-order chi connectivity index (χ0) is 45.7. The lowest BCUT2D eigenvalue weighted by Gasteiger charge is -2.39. The standard InChI is InChI=1S/C53H33NO/c1-2-13-39(14-3-1)54-49-30-27-37(32-44(49)43-29-26-36-12-4-5-15-40(36)52(43)54)34-22-24-35(25-23-34)38-28-31-51-48(33-38)53(47-20-10-11-21-50(47)55-51)45-18-8-6-16-41(45)42-17-7-9-19-46(42)53/h1-33H/i10D,11D,20D,21D,22D,23D,24D,25D,28D,31D,33D. The monoisotopic (exact) mass is 710 g/mol. The van der Waals surface area contributed by atoms with Gasteiger partial charge >= 0.3 is 0 Å². The van der Waals surface area contributed by atoms with E-state index in [1.807, 2.05) is 91.0 Å².